The Morgan fingerprint density at radius 2 is 2.50 bits per heavy atom. The van der Waals surface area contributed by atoms with Crippen LogP contribution in [0, 0.1) is 0 Å². The fourth-order valence-electron chi connectivity index (χ4n) is 0.615. The minimum Gasteiger partial charge on any atom is -0.294 e. The summed E-state index contributed by atoms with van der Waals surface area (Å²) in [6.07, 6.45) is 3.45. The molecule has 0 aliphatic rings. The zero-order valence-electron chi connectivity index (χ0n) is 5.58. The van der Waals surface area contributed by atoms with Gasteiger partial charge in [-0.2, -0.15) is 0 Å². The maximum atomic E-state index is 4.07. The number of nitrogens with zero attached hydrogens (tertiary/aromatic N) is 2. The molecular formula is C7H7BrN2. The van der Waals surface area contributed by atoms with Crippen LogP contribution in [0.1, 0.15) is 5.69 Å². The predicted molar refractivity (Wildman–Crippen MR) is 45.5 cm³/mol. The molecule has 0 aliphatic heterocycles. The van der Waals surface area contributed by atoms with Gasteiger partial charge in [0.15, 0.2) is 0 Å². The summed E-state index contributed by atoms with van der Waals surface area (Å²) in [7, 11) is 1.72. The highest BCUT2D eigenvalue weighted by Crippen LogP contribution is 2.10. The molecule has 1 heterocycles. The molecule has 10 heavy (non-hydrogen) atoms. The fraction of sp³-hybridized carbons (Fsp3) is 0.143. The molecule has 0 saturated heterocycles. The van der Waals surface area contributed by atoms with E-state index in [9.17, 15) is 0 Å². The topological polar surface area (TPSA) is 25.2 Å². The maximum Gasteiger partial charge on any atom is 0.0949 e. The lowest BCUT2D eigenvalue weighted by atomic mass is 10.4. The smallest absolute Gasteiger partial charge is 0.0949 e. The molecule has 3 heteroatoms. The van der Waals surface area contributed by atoms with Gasteiger partial charge in [0.05, 0.1) is 5.69 Å². The van der Waals surface area contributed by atoms with E-state index in [4.69, 9.17) is 0 Å². The standard InChI is InChI=1S/C7H7BrN2/c1-9-5-7-6(8)3-2-4-10-7/h2-5H,1H3. The molecule has 0 aliphatic carbocycles. The summed E-state index contributed by atoms with van der Waals surface area (Å²) in [6, 6.07) is 3.81. The van der Waals surface area contributed by atoms with E-state index in [1.165, 1.54) is 0 Å². The summed E-state index contributed by atoms with van der Waals surface area (Å²) in [6.45, 7) is 0. The second-order valence-electron chi connectivity index (χ2n) is 1.76. The molecule has 0 amide bonds. The van der Waals surface area contributed by atoms with Crippen LogP contribution in [0.5, 0.6) is 0 Å². The molecule has 52 valence electrons. The van der Waals surface area contributed by atoms with Gasteiger partial charge in [-0.25, -0.2) is 0 Å². The number of hydrogen-bond donors (Lipinski definition) is 0. The van der Waals surface area contributed by atoms with Gasteiger partial charge in [0.25, 0.3) is 0 Å². The average molecular weight is 199 g/mol. The molecule has 0 bridgehead atoms. The van der Waals surface area contributed by atoms with Crippen LogP contribution in [0.3, 0.4) is 0 Å². The van der Waals surface area contributed by atoms with Crippen LogP contribution in [-0.2, 0) is 0 Å². The van der Waals surface area contributed by atoms with Crippen molar-refractivity contribution in [1.82, 2.24) is 4.98 Å². The third-order valence-corrected chi connectivity index (χ3v) is 1.71. The molecule has 1 rings (SSSR count). The summed E-state index contributed by atoms with van der Waals surface area (Å²) < 4.78 is 0.973. The summed E-state index contributed by atoms with van der Waals surface area (Å²) >= 11 is 3.34. The number of aromatic nitrogens is 1. The van der Waals surface area contributed by atoms with Gasteiger partial charge >= 0.3 is 0 Å². The van der Waals surface area contributed by atoms with Crippen molar-refractivity contribution in [3.8, 4) is 0 Å². The van der Waals surface area contributed by atoms with Crippen molar-refractivity contribution < 1.29 is 0 Å². The van der Waals surface area contributed by atoms with Gasteiger partial charge in [-0.05, 0) is 28.1 Å². The Bertz CT molecular complexity index is 245. The lowest BCUT2D eigenvalue weighted by Gasteiger charge is -1.92. The summed E-state index contributed by atoms with van der Waals surface area (Å²) in [5.41, 5.74) is 0.866. The SMILES string of the molecule is CN=Cc1ncccc1Br. The van der Waals surface area contributed by atoms with Crippen LogP contribution in [0.4, 0.5) is 0 Å². The molecule has 0 atom stereocenters. The molecule has 0 aromatic carbocycles. The van der Waals surface area contributed by atoms with E-state index < -0.39 is 0 Å². The molecular weight excluding hydrogens is 192 g/mol. The zero-order valence-corrected chi connectivity index (χ0v) is 7.17. The number of aliphatic imine (C=N–C) groups is 1. The second-order valence-corrected chi connectivity index (χ2v) is 2.61. The monoisotopic (exact) mass is 198 g/mol. The van der Waals surface area contributed by atoms with E-state index in [-0.39, 0.29) is 0 Å². The third kappa shape index (κ3) is 1.64. The summed E-state index contributed by atoms with van der Waals surface area (Å²) in [5, 5.41) is 0. The molecule has 2 nitrogen and oxygen atoms in total. The number of hydrogen-bond acceptors (Lipinski definition) is 2. The van der Waals surface area contributed by atoms with E-state index >= 15 is 0 Å². The molecule has 1 aromatic heterocycles. The van der Waals surface area contributed by atoms with E-state index in [2.05, 4.69) is 25.9 Å². The Morgan fingerprint density at radius 1 is 1.70 bits per heavy atom. The van der Waals surface area contributed by atoms with Crippen LogP contribution >= 0.6 is 15.9 Å². The van der Waals surface area contributed by atoms with E-state index in [0.29, 0.717) is 0 Å². The van der Waals surface area contributed by atoms with Crippen LogP contribution in [0.2, 0.25) is 0 Å². The van der Waals surface area contributed by atoms with Gasteiger partial charge in [-0.15, -0.1) is 0 Å². The fourth-order valence-corrected chi connectivity index (χ4v) is 0.973. The molecule has 0 N–H and O–H groups in total. The Balaban J connectivity index is 3.03. The zero-order chi connectivity index (χ0) is 7.40. The van der Waals surface area contributed by atoms with Gasteiger partial charge < -0.3 is 0 Å². The molecule has 0 radical (unpaired) electrons. The Labute approximate surface area is 68.1 Å². The molecule has 0 saturated carbocycles. The van der Waals surface area contributed by atoms with Crippen LogP contribution < -0.4 is 0 Å². The first-order valence-corrected chi connectivity index (χ1v) is 3.66. The maximum absolute atomic E-state index is 4.07. The van der Waals surface area contributed by atoms with Gasteiger partial charge in [-0.3, -0.25) is 9.98 Å². The van der Waals surface area contributed by atoms with Gasteiger partial charge in [0.1, 0.15) is 0 Å². The van der Waals surface area contributed by atoms with Crippen molar-refractivity contribution >= 4 is 22.1 Å². The average Bonchev–Trinajstić information content (AvgIpc) is 1.94. The first-order chi connectivity index (χ1) is 4.84. The van der Waals surface area contributed by atoms with Crippen LogP contribution in [0.15, 0.2) is 27.8 Å². The van der Waals surface area contributed by atoms with Gasteiger partial charge in [0.2, 0.25) is 0 Å². The lowest BCUT2D eigenvalue weighted by molar-refractivity contribution is 1.27. The highest BCUT2D eigenvalue weighted by Gasteiger charge is 1.92. The van der Waals surface area contributed by atoms with Gasteiger partial charge in [0, 0.05) is 23.9 Å². The van der Waals surface area contributed by atoms with Crippen molar-refractivity contribution in [3.05, 3.63) is 28.5 Å². The van der Waals surface area contributed by atoms with Crippen molar-refractivity contribution in [2.75, 3.05) is 7.05 Å². The largest absolute Gasteiger partial charge is 0.294 e. The van der Waals surface area contributed by atoms with Crippen molar-refractivity contribution in [2.24, 2.45) is 4.99 Å². The number of rotatable bonds is 1. The molecule has 1 aromatic rings. The van der Waals surface area contributed by atoms with E-state index in [0.717, 1.165) is 10.2 Å². The first kappa shape index (κ1) is 7.41. The molecule has 0 fully saturated rings. The van der Waals surface area contributed by atoms with Crippen LogP contribution in [0.25, 0.3) is 0 Å². The summed E-state index contributed by atoms with van der Waals surface area (Å²) in [4.78, 5) is 7.92. The van der Waals surface area contributed by atoms with Crippen LogP contribution in [-0.4, -0.2) is 18.2 Å². The molecule has 0 unspecified atom stereocenters. The lowest BCUT2D eigenvalue weighted by Crippen LogP contribution is -1.86. The van der Waals surface area contributed by atoms with E-state index in [1.807, 2.05) is 12.1 Å². The molecule has 0 spiro atoms. The highest BCUT2D eigenvalue weighted by atomic mass is 79.9. The highest BCUT2D eigenvalue weighted by molar-refractivity contribution is 9.10. The minimum atomic E-state index is 0.866. The number of pyridine rings is 1. The Morgan fingerprint density at radius 3 is 3.10 bits per heavy atom. The quantitative estimate of drug-likeness (QED) is 0.634. The van der Waals surface area contributed by atoms with Gasteiger partial charge in [-0.1, -0.05) is 0 Å². The Kier molecular flexibility index (Phi) is 2.57. The normalized spacial score (nSPS) is 10.6. The van der Waals surface area contributed by atoms with E-state index in [1.54, 1.807) is 19.5 Å². The predicted octanol–water partition coefficient (Wildman–Crippen LogP) is 1.89. The van der Waals surface area contributed by atoms with Crippen molar-refractivity contribution in [3.63, 3.8) is 0 Å². The Hall–Kier alpha value is -0.700. The van der Waals surface area contributed by atoms with Crippen molar-refractivity contribution in [2.45, 2.75) is 0 Å². The first-order valence-electron chi connectivity index (χ1n) is 2.87. The minimum absolute atomic E-state index is 0.866. The second kappa shape index (κ2) is 3.46. The third-order valence-electron chi connectivity index (χ3n) is 1.04. The number of halogens is 1. The van der Waals surface area contributed by atoms with Crippen molar-refractivity contribution in [1.29, 1.82) is 0 Å². The summed E-state index contributed by atoms with van der Waals surface area (Å²) in [5.74, 6) is 0.